The smallest absolute Gasteiger partial charge is 0.402 e. The van der Waals surface area contributed by atoms with Crippen molar-refractivity contribution in [3.8, 4) is 45.8 Å². The normalized spacial score (nSPS) is 33.7. The van der Waals surface area contributed by atoms with E-state index in [0.29, 0.717) is 0 Å². The molecule has 0 aliphatic carbocycles. The number of rotatable bonds is 14. The number of aliphatic hydroxyl groups excluding tert-OH is 9. The number of benzene rings is 2. The predicted octanol–water partition coefficient (Wildman–Crippen LogP) is -2.96. The lowest BCUT2D eigenvalue weighted by molar-refractivity contribution is -0.319. The SMILES string of the molecule is COc1cc(-c2[o+]c3cc(O)cc(O[C@@H]4O[C@H](CO)[C@@H](O)[C@H](O)[C@H]4O)c3cc2O[C@@H]2O[C@H](CO[C@@H]3O[C@@H](C)[C@H](OC(=O)CC(=O)O)[C@@H](O)[C@@H]3O)[C@@H](O)[C@@H](O)[C@H]2O)cc(OC)c1O. The van der Waals surface area contributed by atoms with Crippen molar-refractivity contribution in [1.82, 2.24) is 0 Å². The van der Waals surface area contributed by atoms with Crippen molar-refractivity contribution in [2.75, 3.05) is 27.4 Å². The van der Waals surface area contributed by atoms with Crippen LogP contribution in [0.5, 0.6) is 34.5 Å². The van der Waals surface area contributed by atoms with Crippen LogP contribution < -0.4 is 18.9 Å². The Balaban J connectivity index is 1.32. The summed E-state index contributed by atoms with van der Waals surface area (Å²) in [5.74, 6) is -4.58. The van der Waals surface area contributed by atoms with E-state index in [0.717, 1.165) is 12.1 Å². The Hall–Kier alpha value is -4.93. The molecule has 3 saturated heterocycles. The van der Waals surface area contributed by atoms with Crippen LogP contribution in [0.3, 0.4) is 0 Å². The Kier molecular flexibility index (Phi) is 14.4. The lowest BCUT2D eigenvalue weighted by Crippen LogP contribution is -2.62. The van der Waals surface area contributed by atoms with E-state index in [9.17, 15) is 65.8 Å². The molecule has 0 amide bonds. The maximum atomic E-state index is 11.9. The number of carbonyl (C=O) groups is 2. The van der Waals surface area contributed by atoms with E-state index in [1.54, 1.807) is 0 Å². The van der Waals surface area contributed by atoms with E-state index in [1.165, 1.54) is 39.3 Å². The molecule has 1 aromatic heterocycles. The molecule has 3 aliphatic heterocycles. The van der Waals surface area contributed by atoms with Crippen molar-refractivity contribution in [2.24, 2.45) is 0 Å². The van der Waals surface area contributed by atoms with Crippen molar-refractivity contribution < 1.29 is 118 Å². The van der Waals surface area contributed by atoms with Gasteiger partial charge in [-0.3, -0.25) is 9.59 Å². The largest absolute Gasteiger partial charge is 0.507 e. The second-order valence-corrected chi connectivity index (χ2v) is 14.5. The number of aliphatic carboxylic acids is 1. The first kappa shape index (κ1) is 46.6. The number of methoxy groups -OCH3 is 2. The van der Waals surface area contributed by atoms with E-state index in [1.807, 2.05) is 0 Å². The summed E-state index contributed by atoms with van der Waals surface area (Å²) in [4.78, 5) is 22.8. The number of carboxylic acids is 1. The molecule has 6 rings (SSSR count). The van der Waals surface area contributed by atoms with Gasteiger partial charge in [0.15, 0.2) is 23.9 Å². The van der Waals surface area contributed by atoms with E-state index in [-0.39, 0.29) is 45.3 Å². The van der Waals surface area contributed by atoms with Gasteiger partial charge in [-0.15, -0.1) is 0 Å². The van der Waals surface area contributed by atoms with Gasteiger partial charge in [-0.2, -0.15) is 0 Å². The molecule has 2 aromatic carbocycles. The minimum absolute atomic E-state index is 0.0370. The van der Waals surface area contributed by atoms with Crippen LogP contribution in [-0.4, -0.2) is 193 Å². The number of hydrogen-bond donors (Lipinski definition) is 12. The van der Waals surface area contributed by atoms with Crippen LogP contribution in [0.1, 0.15) is 13.3 Å². The molecular formula is C38H47O24+. The van der Waals surface area contributed by atoms with Crippen LogP contribution in [0.25, 0.3) is 22.3 Å². The van der Waals surface area contributed by atoms with Gasteiger partial charge >= 0.3 is 23.3 Å². The lowest BCUT2D eigenvalue weighted by atomic mass is 9.98. The minimum atomic E-state index is -2.00. The quantitative estimate of drug-likeness (QED) is 0.0437. The highest BCUT2D eigenvalue weighted by molar-refractivity contribution is 5.90. The third-order valence-corrected chi connectivity index (χ3v) is 10.3. The first-order valence-corrected chi connectivity index (χ1v) is 18.8. The number of fused-ring (bicyclic) bond motifs is 1. The van der Waals surface area contributed by atoms with Crippen LogP contribution in [0.4, 0.5) is 0 Å². The third-order valence-electron chi connectivity index (χ3n) is 10.3. The molecular weight excluding hydrogens is 840 g/mol. The molecule has 62 heavy (non-hydrogen) atoms. The van der Waals surface area contributed by atoms with Crippen molar-refractivity contribution in [1.29, 1.82) is 0 Å². The molecule has 342 valence electrons. The molecule has 4 heterocycles. The maximum Gasteiger partial charge on any atom is 0.402 e. The Morgan fingerprint density at radius 3 is 1.82 bits per heavy atom. The summed E-state index contributed by atoms with van der Waals surface area (Å²) in [7, 11) is 2.51. The number of esters is 1. The van der Waals surface area contributed by atoms with E-state index < -0.39 is 135 Å². The van der Waals surface area contributed by atoms with E-state index >= 15 is 0 Å². The number of hydrogen-bond acceptors (Lipinski definition) is 22. The zero-order valence-corrected chi connectivity index (χ0v) is 32.9. The number of ether oxygens (including phenoxy) is 9. The standard InChI is InChI=1S/C38H46O24/c1-12-34(62-24(43)9-23(41)42)30(49)33(52)36(56-12)55-11-22-27(46)29(48)32(51)38(61-22)59-20-8-15-16(57-35(20)13-4-18(53-2)25(44)19(5-13)54-3)6-14(40)7-17(15)58-37-31(50)28(47)26(45)21(10-39)60-37/h4-8,12,21-22,26-34,36-39,45-52H,9-11H2,1-3H3,(H2-,40,41,42,44)/p+1/t12-,21+,22+,26+,27+,28-,29+,30-,31+,32+,33-,34-,36+,37+,38+/m0/s1. The number of carboxylic acid groups (broad SMARTS) is 1. The first-order valence-electron chi connectivity index (χ1n) is 18.8. The van der Waals surface area contributed by atoms with Gasteiger partial charge in [0.25, 0.3) is 0 Å². The summed E-state index contributed by atoms with van der Waals surface area (Å²) in [6.07, 6.45) is -26.9. The Labute approximate surface area is 349 Å². The van der Waals surface area contributed by atoms with Crippen LogP contribution in [0, 0.1) is 0 Å². The predicted molar refractivity (Wildman–Crippen MR) is 199 cm³/mol. The first-order chi connectivity index (χ1) is 29.4. The second-order valence-electron chi connectivity index (χ2n) is 14.5. The van der Waals surface area contributed by atoms with Gasteiger partial charge in [0, 0.05) is 24.3 Å². The molecule has 3 fully saturated rings. The number of aromatic hydroxyl groups is 2. The number of aliphatic hydroxyl groups is 9. The van der Waals surface area contributed by atoms with E-state index in [2.05, 4.69) is 0 Å². The monoisotopic (exact) mass is 887 g/mol. The molecule has 15 atom stereocenters. The lowest BCUT2D eigenvalue weighted by Gasteiger charge is -2.43. The fourth-order valence-corrected chi connectivity index (χ4v) is 6.96. The van der Waals surface area contributed by atoms with Crippen LogP contribution in [0.15, 0.2) is 34.7 Å². The number of phenolic OH excluding ortho intramolecular Hbond substituents is 2. The number of phenols is 2. The van der Waals surface area contributed by atoms with Gasteiger partial charge in [0.05, 0.1) is 45.2 Å². The summed E-state index contributed by atoms with van der Waals surface area (Å²) in [6, 6.07) is 6.07. The van der Waals surface area contributed by atoms with Crippen LogP contribution in [0.2, 0.25) is 0 Å². The third kappa shape index (κ3) is 9.52. The molecule has 0 saturated carbocycles. The second kappa shape index (κ2) is 19.2. The molecule has 0 bridgehead atoms. The highest BCUT2D eigenvalue weighted by atomic mass is 16.7. The Morgan fingerprint density at radius 2 is 1.24 bits per heavy atom. The fraction of sp³-hybridized carbons (Fsp3) is 0.553. The van der Waals surface area contributed by atoms with Gasteiger partial charge in [0.2, 0.25) is 24.1 Å². The average Bonchev–Trinajstić information content (AvgIpc) is 3.23. The van der Waals surface area contributed by atoms with Gasteiger partial charge in [-0.05, 0) is 6.92 Å². The minimum Gasteiger partial charge on any atom is -0.507 e. The molecule has 3 aliphatic rings. The summed E-state index contributed by atoms with van der Waals surface area (Å²) < 4.78 is 56.2. The summed E-state index contributed by atoms with van der Waals surface area (Å²) in [6.45, 7) is -0.137. The highest BCUT2D eigenvalue weighted by Crippen LogP contribution is 2.46. The average molecular weight is 888 g/mol. The molecule has 3 aromatic rings. The van der Waals surface area contributed by atoms with Gasteiger partial charge in [-0.25, -0.2) is 4.42 Å². The highest BCUT2D eigenvalue weighted by Gasteiger charge is 2.50. The molecule has 24 heteroatoms. The molecule has 0 unspecified atom stereocenters. The van der Waals surface area contributed by atoms with Crippen LogP contribution in [-0.2, 0) is 33.3 Å². The zero-order chi connectivity index (χ0) is 45.3. The zero-order valence-electron chi connectivity index (χ0n) is 32.9. The summed E-state index contributed by atoms with van der Waals surface area (Å²) in [5.41, 5.74) is -0.0480. The van der Waals surface area contributed by atoms with Gasteiger partial charge < -0.3 is 104 Å². The van der Waals surface area contributed by atoms with Crippen molar-refractivity contribution in [3.05, 3.63) is 30.3 Å². The molecule has 0 radical (unpaired) electrons. The maximum absolute atomic E-state index is 11.9. The van der Waals surface area contributed by atoms with Crippen molar-refractivity contribution >= 4 is 22.9 Å². The Morgan fingerprint density at radius 1 is 0.677 bits per heavy atom. The Bertz CT molecular complexity index is 2040. The molecule has 24 nitrogen and oxygen atoms in total. The summed E-state index contributed by atoms with van der Waals surface area (Å²) >= 11 is 0. The molecule has 0 spiro atoms. The van der Waals surface area contributed by atoms with Crippen LogP contribution >= 0.6 is 0 Å². The molecule has 12 N–H and O–H groups in total. The van der Waals surface area contributed by atoms with Gasteiger partial charge in [0.1, 0.15) is 84.3 Å². The number of carbonyl (C=O) groups excluding carboxylic acids is 1. The van der Waals surface area contributed by atoms with Gasteiger partial charge in [-0.1, -0.05) is 0 Å². The van der Waals surface area contributed by atoms with Crippen molar-refractivity contribution in [2.45, 2.75) is 105 Å². The summed E-state index contributed by atoms with van der Waals surface area (Å²) in [5, 5.41) is 126. The van der Waals surface area contributed by atoms with E-state index in [4.69, 9.17) is 52.2 Å². The topological polar surface area (TPSA) is 371 Å². The van der Waals surface area contributed by atoms with Crippen molar-refractivity contribution in [3.63, 3.8) is 0 Å². The fourth-order valence-electron chi connectivity index (χ4n) is 6.96.